The number of nitrogens with one attached hydrogen (secondary N) is 2. The smallest absolute Gasteiger partial charge is 0.0502 e. The molecule has 0 aliphatic carbocycles. The van der Waals surface area contributed by atoms with Gasteiger partial charge < -0.3 is 10.6 Å². The summed E-state index contributed by atoms with van der Waals surface area (Å²) in [5.74, 6) is 0. The predicted octanol–water partition coefficient (Wildman–Crippen LogP) is 4.12. The molecule has 0 fully saturated rings. The summed E-state index contributed by atoms with van der Waals surface area (Å²) in [5, 5.41) is 7.27. The highest BCUT2D eigenvalue weighted by Gasteiger charge is 2.13. The Kier molecular flexibility index (Phi) is 9.76. The fourth-order valence-corrected chi connectivity index (χ4v) is 2.00. The lowest BCUT2D eigenvalue weighted by Gasteiger charge is -2.24. The molecule has 2 heteroatoms. The van der Waals surface area contributed by atoms with Crippen LogP contribution in [0.25, 0.3) is 0 Å². The Bertz CT molecular complexity index is 184. The third-order valence-electron chi connectivity index (χ3n) is 3.36. The summed E-state index contributed by atoms with van der Waals surface area (Å²) in [6, 6.07) is 2.12. The normalized spacial score (nSPS) is 14.2. The van der Waals surface area contributed by atoms with Crippen molar-refractivity contribution >= 4 is 0 Å². The molecule has 0 saturated heterocycles. The van der Waals surface area contributed by atoms with Gasteiger partial charge in [0.25, 0.3) is 0 Å². The van der Waals surface area contributed by atoms with Crippen LogP contribution >= 0.6 is 0 Å². The number of hydrogen-bond donors (Lipinski definition) is 2. The lowest BCUT2D eigenvalue weighted by molar-refractivity contribution is 0.363. The molecule has 1 radical (unpaired) electrons. The topological polar surface area (TPSA) is 24.1 Å². The molecule has 0 aliphatic heterocycles. The first-order valence-electron chi connectivity index (χ1n) is 7.74. The van der Waals surface area contributed by atoms with Gasteiger partial charge in [0.2, 0.25) is 0 Å². The van der Waals surface area contributed by atoms with Gasteiger partial charge in [-0.2, -0.15) is 0 Å². The van der Waals surface area contributed by atoms with Crippen molar-refractivity contribution < 1.29 is 0 Å². The molecule has 0 aromatic rings. The largest absolute Gasteiger partial charge is 0.315 e. The molecular weight excluding hydrogens is 220 g/mol. The van der Waals surface area contributed by atoms with Crippen LogP contribution in [0.2, 0.25) is 0 Å². The first-order chi connectivity index (χ1) is 8.42. The second-order valence-electron chi connectivity index (χ2n) is 6.48. The van der Waals surface area contributed by atoms with Crippen LogP contribution in [0.4, 0.5) is 0 Å². The van der Waals surface area contributed by atoms with Crippen LogP contribution in [-0.4, -0.2) is 19.1 Å². The second-order valence-corrected chi connectivity index (χ2v) is 6.48. The molecule has 0 saturated carbocycles. The summed E-state index contributed by atoms with van der Waals surface area (Å²) >= 11 is 0. The molecule has 0 rings (SSSR count). The summed E-state index contributed by atoms with van der Waals surface area (Å²) in [6.45, 7) is 15.8. The van der Waals surface area contributed by atoms with E-state index in [1.165, 1.54) is 31.7 Å². The maximum absolute atomic E-state index is 3.71. The first-order valence-corrected chi connectivity index (χ1v) is 7.74. The van der Waals surface area contributed by atoms with Crippen LogP contribution in [0.1, 0.15) is 73.6 Å². The Labute approximate surface area is 115 Å². The fourth-order valence-electron chi connectivity index (χ4n) is 2.00. The maximum atomic E-state index is 3.71. The third kappa shape index (κ3) is 9.90. The highest BCUT2D eigenvalue weighted by molar-refractivity contribution is 4.90. The maximum Gasteiger partial charge on any atom is 0.0502 e. The van der Waals surface area contributed by atoms with Crippen molar-refractivity contribution in [3.8, 4) is 0 Å². The van der Waals surface area contributed by atoms with E-state index in [0.717, 1.165) is 19.5 Å². The Balaban J connectivity index is 3.82. The molecule has 2 nitrogen and oxygen atoms in total. The molecule has 0 heterocycles. The van der Waals surface area contributed by atoms with Gasteiger partial charge in [0.05, 0.1) is 6.04 Å². The van der Waals surface area contributed by atoms with Crippen LogP contribution in [0, 0.1) is 11.5 Å². The lowest BCUT2D eigenvalue weighted by atomic mass is 9.92. The van der Waals surface area contributed by atoms with Gasteiger partial charge in [0.15, 0.2) is 0 Å². The molecule has 0 spiro atoms. The van der Waals surface area contributed by atoms with E-state index in [1.54, 1.807) is 0 Å². The van der Waals surface area contributed by atoms with Crippen LogP contribution < -0.4 is 10.6 Å². The Hall–Kier alpha value is -0.0800. The van der Waals surface area contributed by atoms with Crippen molar-refractivity contribution in [2.24, 2.45) is 5.41 Å². The molecule has 0 aliphatic rings. The zero-order valence-corrected chi connectivity index (χ0v) is 13.5. The molecule has 18 heavy (non-hydrogen) atoms. The van der Waals surface area contributed by atoms with Crippen molar-refractivity contribution in [2.75, 3.05) is 13.1 Å². The molecule has 0 aromatic carbocycles. The third-order valence-corrected chi connectivity index (χ3v) is 3.36. The van der Waals surface area contributed by atoms with E-state index in [4.69, 9.17) is 0 Å². The lowest BCUT2D eigenvalue weighted by Crippen LogP contribution is -2.38. The average Bonchev–Trinajstić information content (AvgIpc) is 2.30. The molecule has 1 atom stereocenters. The summed E-state index contributed by atoms with van der Waals surface area (Å²) < 4.78 is 0. The Morgan fingerprint density at radius 2 is 1.78 bits per heavy atom. The van der Waals surface area contributed by atoms with Crippen molar-refractivity contribution in [3.63, 3.8) is 0 Å². The summed E-state index contributed by atoms with van der Waals surface area (Å²) in [4.78, 5) is 0. The van der Waals surface area contributed by atoms with Gasteiger partial charge >= 0.3 is 0 Å². The van der Waals surface area contributed by atoms with Crippen LogP contribution in [-0.2, 0) is 0 Å². The van der Waals surface area contributed by atoms with E-state index in [0.29, 0.717) is 11.5 Å². The van der Waals surface area contributed by atoms with Crippen LogP contribution in [0.3, 0.4) is 0 Å². The van der Waals surface area contributed by atoms with Gasteiger partial charge in [-0.1, -0.05) is 48.0 Å². The highest BCUT2D eigenvalue weighted by Crippen LogP contribution is 2.17. The zero-order valence-electron chi connectivity index (χ0n) is 13.5. The quantitative estimate of drug-likeness (QED) is 0.574. The van der Waals surface area contributed by atoms with Crippen molar-refractivity contribution in [3.05, 3.63) is 6.04 Å². The minimum Gasteiger partial charge on any atom is -0.315 e. The molecule has 0 bridgehead atoms. The summed E-state index contributed by atoms with van der Waals surface area (Å²) in [5.41, 5.74) is 0.432. The molecule has 0 amide bonds. The summed E-state index contributed by atoms with van der Waals surface area (Å²) in [7, 11) is 0. The minimum atomic E-state index is 0.432. The van der Waals surface area contributed by atoms with E-state index in [-0.39, 0.29) is 0 Å². The minimum absolute atomic E-state index is 0.432. The second kappa shape index (κ2) is 9.80. The summed E-state index contributed by atoms with van der Waals surface area (Å²) in [6.07, 6.45) is 6.13. The number of rotatable bonds is 10. The van der Waals surface area contributed by atoms with E-state index in [9.17, 15) is 0 Å². The fraction of sp³-hybridized carbons (Fsp3) is 0.938. The molecular formula is C16H35N2. The van der Waals surface area contributed by atoms with Gasteiger partial charge in [-0.15, -0.1) is 0 Å². The van der Waals surface area contributed by atoms with Gasteiger partial charge in [-0.3, -0.25) is 0 Å². The molecule has 109 valence electrons. The monoisotopic (exact) mass is 255 g/mol. The van der Waals surface area contributed by atoms with Crippen molar-refractivity contribution in [2.45, 2.75) is 79.7 Å². The van der Waals surface area contributed by atoms with E-state index in [2.05, 4.69) is 52.2 Å². The van der Waals surface area contributed by atoms with Gasteiger partial charge in [-0.05, 0) is 37.6 Å². The highest BCUT2D eigenvalue weighted by atomic mass is 15.0. The van der Waals surface area contributed by atoms with Crippen LogP contribution in [0.5, 0.6) is 0 Å². The van der Waals surface area contributed by atoms with Gasteiger partial charge in [-0.25, -0.2) is 0 Å². The predicted molar refractivity (Wildman–Crippen MR) is 82.6 cm³/mol. The average molecular weight is 255 g/mol. The molecule has 2 N–H and O–H groups in total. The van der Waals surface area contributed by atoms with Crippen LogP contribution in [0.15, 0.2) is 0 Å². The number of hydrogen-bond acceptors (Lipinski definition) is 2. The van der Waals surface area contributed by atoms with Gasteiger partial charge in [0.1, 0.15) is 0 Å². The van der Waals surface area contributed by atoms with Gasteiger partial charge in [0, 0.05) is 12.6 Å². The van der Waals surface area contributed by atoms with E-state index < -0.39 is 0 Å². The van der Waals surface area contributed by atoms with Crippen molar-refractivity contribution in [1.29, 1.82) is 0 Å². The molecule has 0 aromatic heterocycles. The molecule has 1 unspecified atom stereocenters. The first kappa shape index (κ1) is 17.9. The van der Waals surface area contributed by atoms with E-state index >= 15 is 0 Å². The Morgan fingerprint density at radius 3 is 2.22 bits per heavy atom. The Morgan fingerprint density at radius 1 is 1.11 bits per heavy atom. The van der Waals surface area contributed by atoms with E-state index in [1.807, 2.05) is 0 Å². The van der Waals surface area contributed by atoms with Crippen molar-refractivity contribution in [1.82, 2.24) is 10.6 Å². The standard InChI is InChI=1S/C16H35N2/c1-7-10-14(8-2)18-15(9-3)13-17-12-11-16(4,5)6/h14,17-18H,7-13H2,1-6H3. The SMILES string of the molecule is CCCC(CC)N[C](CC)CNCCC(C)(C)C. The zero-order chi connectivity index (χ0) is 14.0.